The summed E-state index contributed by atoms with van der Waals surface area (Å²) in [6, 6.07) is 7.51. The van der Waals surface area contributed by atoms with E-state index in [4.69, 9.17) is 4.74 Å². The lowest BCUT2D eigenvalue weighted by atomic mass is 10.3. The van der Waals surface area contributed by atoms with E-state index in [9.17, 15) is 4.39 Å². The molecule has 0 saturated carbocycles. The summed E-state index contributed by atoms with van der Waals surface area (Å²) in [5.74, 6) is 0.881. The van der Waals surface area contributed by atoms with Crippen LogP contribution in [0.25, 0.3) is 5.82 Å². The Balaban J connectivity index is 1.94. The third kappa shape index (κ3) is 2.94. The number of benzene rings is 1. The van der Waals surface area contributed by atoms with Gasteiger partial charge in [0.05, 0.1) is 7.11 Å². The highest BCUT2D eigenvalue weighted by atomic mass is 19.1. The molecule has 1 aromatic carbocycles. The number of rotatable bonds is 4. The molecule has 0 fully saturated rings. The van der Waals surface area contributed by atoms with Gasteiger partial charge >= 0.3 is 0 Å². The van der Waals surface area contributed by atoms with Crippen molar-refractivity contribution in [1.82, 2.24) is 24.7 Å². The Kier molecular flexibility index (Phi) is 3.42. The zero-order chi connectivity index (χ0) is 14.7. The lowest BCUT2D eigenvalue weighted by molar-refractivity contribution is 0.397. The van der Waals surface area contributed by atoms with Gasteiger partial charge in [-0.1, -0.05) is 0 Å². The molecule has 0 saturated heterocycles. The third-order valence-electron chi connectivity index (χ3n) is 2.65. The number of hydrogen-bond acceptors (Lipinski definition) is 6. The molecule has 8 heteroatoms. The molecule has 106 valence electrons. The quantitative estimate of drug-likeness (QED) is 0.790. The SMILES string of the molecule is COc1cc(-n2cncn2)nc(Nc2ccc(F)cc2)n1. The largest absolute Gasteiger partial charge is 0.481 e. The number of aromatic nitrogens is 5. The normalized spacial score (nSPS) is 10.4. The van der Waals surface area contributed by atoms with E-state index in [1.807, 2.05) is 0 Å². The Hall–Kier alpha value is -3.03. The molecule has 2 aromatic heterocycles. The van der Waals surface area contributed by atoms with Crippen molar-refractivity contribution in [2.45, 2.75) is 0 Å². The molecule has 0 atom stereocenters. The van der Waals surface area contributed by atoms with Crippen molar-refractivity contribution in [3.05, 3.63) is 48.8 Å². The standard InChI is InChI=1S/C13H11FN6O/c1-21-12-6-11(20-8-15-7-16-20)18-13(19-12)17-10-4-2-9(14)3-5-10/h2-8H,1H3,(H,17,18,19). The van der Waals surface area contributed by atoms with Crippen molar-refractivity contribution in [2.75, 3.05) is 12.4 Å². The van der Waals surface area contributed by atoms with Gasteiger partial charge in [0.1, 0.15) is 18.5 Å². The highest BCUT2D eigenvalue weighted by Crippen LogP contribution is 2.18. The van der Waals surface area contributed by atoms with Crippen LogP contribution in [0, 0.1) is 5.82 Å². The van der Waals surface area contributed by atoms with Crippen LogP contribution in [0.3, 0.4) is 0 Å². The molecule has 0 radical (unpaired) electrons. The summed E-state index contributed by atoms with van der Waals surface area (Å²) in [6.07, 6.45) is 2.92. The van der Waals surface area contributed by atoms with Crippen molar-refractivity contribution >= 4 is 11.6 Å². The molecule has 1 N–H and O–H groups in total. The third-order valence-corrected chi connectivity index (χ3v) is 2.65. The smallest absolute Gasteiger partial charge is 0.232 e. The number of nitrogens with one attached hydrogen (secondary N) is 1. The van der Waals surface area contributed by atoms with E-state index in [2.05, 4.69) is 25.4 Å². The van der Waals surface area contributed by atoms with Crippen LogP contribution < -0.4 is 10.1 Å². The first-order valence-electron chi connectivity index (χ1n) is 6.05. The van der Waals surface area contributed by atoms with Crippen LogP contribution in [0.4, 0.5) is 16.0 Å². The van der Waals surface area contributed by atoms with Gasteiger partial charge in [-0.15, -0.1) is 0 Å². The molecule has 0 aliphatic carbocycles. The van der Waals surface area contributed by atoms with Crippen molar-refractivity contribution in [2.24, 2.45) is 0 Å². The number of methoxy groups -OCH3 is 1. The van der Waals surface area contributed by atoms with Crippen molar-refractivity contribution in [1.29, 1.82) is 0 Å². The van der Waals surface area contributed by atoms with E-state index in [-0.39, 0.29) is 5.82 Å². The van der Waals surface area contributed by atoms with E-state index >= 15 is 0 Å². The van der Waals surface area contributed by atoms with Crippen LogP contribution >= 0.6 is 0 Å². The minimum atomic E-state index is -0.310. The molecular weight excluding hydrogens is 275 g/mol. The number of hydrogen-bond donors (Lipinski definition) is 1. The summed E-state index contributed by atoms with van der Waals surface area (Å²) < 4.78 is 19.5. The molecule has 0 bridgehead atoms. The minimum Gasteiger partial charge on any atom is -0.481 e. The van der Waals surface area contributed by atoms with Crippen molar-refractivity contribution < 1.29 is 9.13 Å². The summed E-state index contributed by atoms with van der Waals surface area (Å²) in [4.78, 5) is 12.4. The molecule has 0 aliphatic heterocycles. The Morgan fingerprint density at radius 1 is 1.19 bits per heavy atom. The fourth-order valence-electron chi connectivity index (χ4n) is 1.68. The predicted octanol–water partition coefficient (Wildman–Crippen LogP) is 1.95. The zero-order valence-electron chi connectivity index (χ0n) is 11.1. The fraction of sp³-hybridized carbons (Fsp3) is 0.0769. The first kappa shape index (κ1) is 13.0. The van der Waals surface area contributed by atoms with Crippen molar-refractivity contribution in [3.8, 4) is 11.7 Å². The predicted molar refractivity (Wildman–Crippen MR) is 73.2 cm³/mol. The summed E-state index contributed by atoms with van der Waals surface area (Å²) in [6.45, 7) is 0. The van der Waals surface area contributed by atoms with Gasteiger partial charge in [-0.05, 0) is 24.3 Å². The molecular formula is C13H11FN6O. The average Bonchev–Trinajstić information content (AvgIpc) is 3.04. The molecule has 0 unspecified atom stereocenters. The molecule has 0 aliphatic rings. The second kappa shape index (κ2) is 5.53. The van der Waals surface area contributed by atoms with Crippen LogP contribution in [0.2, 0.25) is 0 Å². The maximum absolute atomic E-state index is 12.9. The summed E-state index contributed by atoms with van der Waals surface area (Å²) in [5, 5.41) is 6.98. The van der Waals surface area contributed by atoms with Crippen LogP contribution in [0.15, 0.2) is 43.0 Å². The van der Waals surface area contributed by atoms with Gasteiger partial charge in [0, 0.05) is 11.8 Å². The number of nitrogens with zero attached hydrogens (tertiary/aromatic N) is 5. The monoisotopic (exact) mass is 286 g/mol. The zero-order valence-corrected chi connectivity index (χ0v) is 11.1. The van der Waals surface area contributed by atoms with Gasteiger partial charge in [-0.2, -0.15) is 15.1 Å². The van der Waals surface area contributed by atoms with Gasteiger partial charge in [-0.25, -0.2) is 14.1 Å². The van der Waals surface area contributed by atoms with Crippen molar-refractivity contribution in [3.63, 3.8) is 0 Å². The second-order valence-corrected chi connectivity index (χ2v) is 4.06. The topological polar surface area (TPSA) is 77.8 Å². The maximum atomic E-state index is 12.9. The van der Waals surface area contributed by atoms with Gasteiger partial charge in [-0.3, -0.25) is 0 Å². The van der Waals surface area contributed by atoms with Crippen LogP contribution in [-0.4, -0.2) is 31.8 Å². The van der Waals surface area contributed by atoms with E-state index in [1.165, 1.54) is 36.6 Å². The Morgan fingerprint density at radius 3 is 2.67 bits per heavy atom. The molecule has 0 spiro atoms. The van der Waals surface area contributed by atoms with Gasteiger partial charge in [0.2, 0.25) is 11.8 Å². The van der Waals surface area contributed by atoms with E-state index in [0.717, 1.165) is 0 Å². The van der Waals surface area contributed by atoms with E-state index < -0.39 is 0 Å². The highest BCUT2D eigenvalue weighted by molar-refractivity contribution is 5.54. The Labute approximate surface area is 119 Å². The van der Waals surface area contributed by atoms with Crippen LogP contribution in [0.5, 0.6) is 5.88 Å². The first-order valence-corrected chi connectivity index (χ1v) is 6.05. The molecule has 3 rings (SSSR count). The summed E-state index contributed by atoms with van der Waals surface area (Å²) >= 11 is 0. The van der Waals surface area contributed by atoms with E-state index in [0.29, 0.717) is 23.3 Å². The number of halogens is 1. The maximum Gasteiger partial charge on any atom is 0.232 e. The minimum absolute atomic E-state index is 0.310. The second-order valence-electron chi connectivity index (χ2n) is 4.06. The number of anilines is 2. The molecule has 21 heavy (non-hydrogen) atoms. The molecule has 7 nitrogen and oxygen atoms in total. The first-order chi connectivity index (χ1) is 10.2. The lowest BCUT2D eigenvalue weighted by Gasteiger charge is -2.08. The summed E-state index contributed by atoms with van der Waals surface area (Å²) in [7, 11) is 1.51. The highest BCUT2D eigenvalue weighted by Gasteiger charge is 2.07. The Morgan fingerprint density at radius 2 is 2.00 bits per heavy atom. The molecule has 3 aromatic rings. The average molecular weight is 286 g/mol. The lowest BCUT2D eigenvalue weighted by Crippen LogP contribution is -2.05. The fourth-order valence-corrected chi connectivity index (χ4v) is 1.68. The molecule has 2 heterocycles. The number of ether oxygens (including phenoxy) is 1. The van der Waals surface area contributed by atoms with Crippen LogP contribution in [-0.2, 0) is 0 Å². The van der Waals surface area contributed by atoms with Gasteiger partial charge in [0.15, 0.2) is 5.82 Å². The van der Waals surface area contributed by atoms with Gasteiger partial charge in [0.25, 0.3) is 0 Å². The summed E-state index contributed by atoms with van der Waals surface area (Å²) in [5.41, 5.74) is 0.661. The molecule has 0 amide bonds. The Bertz CT molecular complexity index is 729. The van der Waals surface area contributed by atoms with Crippen LogP contribution in [0.1, 0.15) is 0 Å². The van der Waals surface area contributed by atoms with Gasteiger partial charge < -0.3 is 10.1 Å². The van der Waals surface area contributed by atoms with E-state index in [1.54, 1.807) is 18.2 Å².